The third kappa shape index (κ3) is 5.62. The van der Waals surface area contributed by atoms with Crippen LogP contribution in [0.1, 0.15) is 31.0 Å². The molecule has 1 aromatic heterocycles. The molecule has 2 aromatic carbocycles. The number of nitrogens with zero attached hydrogens (tertiary/aromatic N) is 5. The van der Waals surface area contributed by atoms with Crippen molar-refractivity contribution in [3.8, 4) is 5.75 Å². The Kier molecular flexibility index (Phi) is 7.96. The third-order valence-corrected chi connectivity index (χ3v) is 6.64. The van der Waals surface area contributed by atoms with Crippen molar-refractivity contribution < 1.29 is 18.3 Å². The summed E-state index contributed by atoms with van der Waals surface area (Å²) in [6, 6.07) is 12.4. The van der Waals surface area contributed by atoms with Crippen molar-refractivity contribution in [3.63, 3.8) is 0 Å². The van der Waals surface area contributed by atoms with Gasteiger partial charge < -0.3 is 30.5 Å². The Labute approximate surface area is 221 Å². The zero-order chi connectivity index (χ0) is 27.6. The molecule has 0 spiro atoms. The van der Waals surface area contributed by atoms with Crippen molar-refractivity contribution >= 4 is 34.6 Å². The summed E-state index contributed by atoms with van der Waals surface area (Å²) in [6.45, 7) is 1.88. The van der Waals surface area contributed by atoms with Crippen LogP contribution in [0, 0.1) is 0 Å². The van der Waals surface area contributed by atoms with Gasteiger partial charge in [0.25, 0.3) is 0 Å². The summed E-state index contributed by atoms with van der Waals surface area (Å²) >= 11 is 0. The molecule has 9 nitrogen and oxygen atoms in total. The summed E-state index contributed by atoms with van der Waals surface area (Å²) in [5.74, 6) is -0.120. The van der Waals surface area contributed by atoms with Crippen LogP contribution in [0.3, 0.4) is 0 Å². The number of carbonyl (C=O) groups excluding carboxylic acids is 1. The molecule has 2 heterocycles. The number of alkyl halides is 2. The molecule has 3 aromatic rings. The number of nitrogens with two attached hydrogens (primary N) is 1. The number of hydrogen-bond donors (Lipinski definition) is 2. The first-order valence-electron chi connectivity index (χ1n) is 12.3. The molecule has 11 heteroatoms. The number of aromatic nitrogens is 2. The minimum Gasteiger partial charge on any atom is -0.433 e. The molecule has 0 saturated heterocycles. The first-order valence-corrected chi connectivity index (χ1v) is 12.3. The van der Waals surface area contributed by atoms with Crippen LogP contribution in [0.5, 0.6) is 5.75 Å². The van der Waals surface area contributed by atoms with E-state index in [0.717, 1.165) is 17.8 Å². The number of benzene rings is 2. The van der Waals surface area contributed by atoms with E-state index in [2.05, 4.69) is 15.3 Å². The van der Waals surface area contributed by atoms with Crippen molar-refractivity contribution in [1.29, 1.82) is 0 Å². The highest BCUT2D eigenvalue weighted by atomic mass is 19.3. The number of para-hydroxylation sites is 1. The minimum absolute atomic E-state index is 0.0558. The fourth-order valence-corrected chi connectivity index (χ4v) is 4.87. The van der Waals surface area contributed by atoms with E-state index in [1.54, 1.807) is 30.2 Å². The van der Waals surface area contributed by atoms with Crippen LogP contribution in [0.4, 0.5) is 37.5 Å². The largest absolute Gasteiger partial charge is 0.433 e. The van der Waals surface area contributed by atoms with Gasteiger partial charge in [0.2, 0.25) is 11.9 Å². The van der Waals surface area contributed by atoms with Gasteiger partial charge in [-0.25, -0.2) is 9.97 Å². The Hall–Kier alpha value is -3.99. The Morgan fingerprint density at radius 1 is 1.18 bits per heavy atom. The van der Waals surface area contributed by atoms with Gasteiger partial charge in [0.15, 0.2) is 5.75 Å². The van der Waals surface area contributed by atoms with Gasteiger partial charge in [-0.1, -0.05) is 18.2 Å². The number of rotatable bonds is 9. The molecular weight excluding hydrogens is 492 g/mol. The second-order valence-corrected chi connectivity index (χ2v) is 9.61. The molecule has 1 aliphatic heterocycles. The van der Waals surface area contributed by atoms with Crippen LogP contribution in [0.15, 0.2) is 48.7 Å². The third-order valence-electron chi connectivity index (χ3n) is 6.64. The van der Waals surface area contributed by atoms with E-state index >= 15 is 0 Å². The molecule has 2 atom stereocenters. The lowest BCUT2D eigenvalue weighted by molar-refractivity contribution is -0.116. The molecule has 2 unspecified atom stereocenters. The molecule has 0 bridgehead atoms. The van der Waals surface area contributed by atoms with E-state index in [0.29, 0.717) is 23.6 Å². The quantitative estimate of drug-likeness (QED) is 0.399. The molecule has 0 saturated carbocycles. The topological polar surface area (TPSA) is 99.8 Å². The summed E-state index contributed by atoms with van der Waals surface area (Å²) in [4.78, 5) is 27.0. The molecule has 4 rings (SSSR count). The van der Waals surface area contributed by atoms with Crippen molar-refractivity contribution in [2.75, 3.05) is 55.1 Å². The Balaban J connectivity index is 1.66. The Morgan fingerprint density at radius 3 is 2.61 bits per heavy atom. The number of halogens is 2. The van der Waals surface area contributed by atoms with Gasteiger partial charge in [-0.2, -0.15) is 8.78 Å². The van der Waals surface area contributed by atoms with E-state index in [-0.39, 0.29) is 35.3 Å². The second-order valence-electron chi connectivity index (χ2n) is 9.61. The number of ether oxygens (including phenoxy) is 1. The fraction of sp³-hybridized carbons (Fsp3) is 0.370. The van der Waals surface area contributed by atoms with E-state index < -0.39 is 6.61 Å². The minimum atomic E-state index is -3.03. The van der Waals surface area contributed by atoms with Crippen molar-refractivity contribution in [2.45, 2.75) is 32.4 Å². The maximum Gasteiger partial charge on any atom is 0.387 e. The first-order chi connectivity index (χ1) is 18.1. The lowest BCUT2D eigenvalue weighted by Gasteiger charge is -2.25. The molecule has 0 radical (unpaired) electrons. The summed E-state index contributed by atoms with van der Waals surface area (Å²) in [6.07, 6.45) is 1.59. The lowest BCUT2D eigenvalue weighted by atomic mass is 9.92. The SMILES string of the molecule is CC(=O)N1c2ccccc2C(c2ccnc(Nc3cc(N)c(N(C)CCN(C)C)cc3OC(F)F)n2)C1C. The van der Waals surface area contributed by atoms with Crippen molar-refractivity contribution in [1.82, 2.24) is 14.9 Å². The highest BCUT2D eigenvalue weighted by Crippen LogP contribution is 2.44. The number of carbonyl (C=O) groups is 1. The number of anilines is 5. The number of fused-ring (bicyclic) bond motifs is 1. The van der Waals surface area contributed by atoms with Gasteiger partial charge in [-0.3, -0.25) is 4.79 Å². The number of hydrogen-bond acceptors (Lipinski definition) is 8. The number of nitrogens with one attached hydrogen (secondary N) is 1. The number of likely N-dealkylation sites (N-methyl/N-ethyl adjacent to an activating group) is 2. The molecule has 3 N–H and O–H groups in total. The number of nitrogen functional groups attached to an aromatic ring is 1. The van der Waals surface area contributed by atoms with Crippen LogP contribution < -0.4 is 25.6 Å². The highest BCUT2D eigenvalue weighted by molar-refractivity contribution is 5.95. The zero-order valence-corrected chi connectivity index (χ0v) is 22.2. The molecule has 0 aliphatic carbocycles. The van der Waals surface area contributed by atoms with E-state index in [4.69, 9.17) is 10.5 Å². The van der Waals surface area contributed by atoms with Gasteiger partial charge in [0.1, 0.15) is 0 Å². The summed E-state index contributed by atoms with van der Waals surface area (Å²) < 4.78 is 31.5. The van der Waals surface area contributed by atoms with Crippen LogP contribution in [0.2, 0.25) is 0 Å². The fourth-order valence-electron chi connectivity index (χ4n) is 4.87. The zero-order valence-electron chi connectivity index (χ0n) is 22.2. The van der Waals surface area contributed by atoms with Gasteiger partial charge in [-0.15, -0.1) is 0 Å². The van der Waals surface area contributed by atoms with Crippen molar-refractivity contribution in [2.24, 2.45) is 0 Å². The normalized spacial score (nSPS) is 16.6. The molecule has 202 valence electrons. The molecule has 0 fully saturated rings. The Bertz CT molecular complexity index is 1300. The molecule has 38 heavy (non-hydrogen) atoms. The van der Waals surface area contributed by atoms with Gasteiger partial charge in [0, 0.05) is 57.0 Å². The standard InChI is InChI=1S/C27H33F2N7O2/c1-16-25(18-8-6-7-9-22(18)36(16)17(2)37)20-10-11-31-27(32-20)33-21-14-19(30)23(15-24(21)38-26(28)29)35(5)13-12-34(3)4/h6-11,14-16,25-26H,12-13,30H2,1-5H3,(H,31,32,33). The van der Waals surface area contributed by atoms with Crippen LogP contribution >= 0.6 is 0 Å². The number of amides is 1. The predicted molar refractivity (Wildman–Crippen MR) is 146 cm³/mol. The second kappa shape index (κ2) is 11.2. The van der Waals surface area contributed by atoms with Gasteiger partial charge in [-0.05, 0) is 44.8 Å². The average Bonchev–Trinajstić information content (AvgIpc) is 3.15. The summed E-state index contributed by atoms with van der Waals surface area (Å²) in [5.41, 5.74) is 10.0. The first kappa shape index (κ1) is 27.1. The molecular formula is C27H33F2N7O2. The lowest BCUT2D eigenvalue weighted by Crippen LogP contribution is -2.35. The van der Waals surface area contributed by atoms with Gasteiger partial charge >= 0.3 is 6.61 Å². The summed E-state index contributed by atoms with van der Waals surface area (Å²) in [7, 11) is 5.74. The summed E-state index contributed by atoms with van der Waals surface area (Å²) in [5, 5.41) is 3.00. The highest BCUT2D eigenvalue weighted by Gasteiger charge is 2.39. The molecule has 1 aliphatic rings. The van der Waals surface area contributed by atoms with Crippen LogP contribution in [-0.4, -0.2) is 67.7 Å². The maximum atomic E-state index is 13.3. The molecule has 1 amide bonds. The van der Waals surface area contributed by atoms with E-state index in [1.165, 1.54) is 6.07 Å². The van der Waals surface area contributed by atoms with Crippen molar-refractivity contribution in [3.05, 3.63) is 59.9 Å². The van der Waals surface area contributed by atoms with E-state index in [9.17, 15) is 13.6 Å². The average molecular weight is 526 g/mol. The maximum absolute atomic E-state index is 13.3. The Morgan fingerprint density at radius 2 is 1.92 bits per heavy atom. The predicted octanol–water partition coefficient (Wildman–Crippen LogP) is 4.29. The monoisotopic (exact) mass is 525 g/mol. The van der Waals surface area contributed by atoms with Gasteiger partial charge in [0.05, 0.1) is 22.8 Å². The van der Waals surface area contributed by atoms with Crippen LogP contribution in [-0.2, 0) is 4.79 Å². The smallest absolute Gasteiger partial charge is 0.387 e. The van der Waals surface area contributed by atoms with Crippen LogP contribution in [0.25, 0.3) is 0 Å². The van der Waals surface area contributed by atoms with E-state index in [1.807, 2.05) is 62.1 Å².